The van der Waals surface area contributed by atoms with E-state index in [9.17, 15) is 4.79 Å². The van der Waals surface area contributed by atoms with Crippen molar-refractivity contribution in [2.75, 3.05) is 13.1 Å². The quantitative estimate of drug-likeness (QED) is 0.831. The van der Waals surface area contributed by atoms with Gasteiger partial charge in [-0.25, -0.2) is 0 Å². The second-order valence-electron chi connectivity index (χ2n) is 6.84. The van der Waals surface area contributed by atoms with Gasteiger partial charge in [-0.05, 0) is 31.6 Å². The molecule has 1 amide bonds. The van der Waals surface area contributed by atoms with Crippen molar-refractivity contribution in [1.82, 2.24) is 10.2 Å². The van der Waals surface area contributed by atoms with Crippen LogP contribution in [-0.4, -0.2) is 35.5 Å². The number of carbonyl (C=O) groups excluding carboxylic acids is 1. The van der Waals surface area contributed by atoms with Crippen molar-refractivity contribution in [3.8, 4) is 0 Å². The second kappa shape index (κ2) is 5.43. The van der Waals surface area contributed by atoms with Gasteiger partial charge in [0.1, 0.15) is 0 Å². The number of piperidine rings is 1. The lowest BCUT2D eigenvalue weighted by molar-refractivity contribution is -0.120. The summed E-state index contributed by atoms with van der Waals surface area (Å²) in [6.07, 6.45) is 11.3. The van der Waals surface area contributed by atoms with E-state index in [2.05, 4.69) is 17.1 Å². The number of amides is 1. The van der Waals surface area contributed by atoms with Gasteiger partial charge >= 0.3 is 0 Å². The zero-order chi connectivity index (χ0) is 13.3. The fourth-order valence-electron chi connectivity index (χ4n) is 4.65. The highest BCUT2D eigenvalue weighted by molar-refractivity contribution is 5.80. The minimum Gasteiger partial charge on any atom is -0.350 e. The summed E-state index contributed by atoms with van der Waals surface area (Å²) in [4.78, 5) is 14.5. The first-order valence-electron chi connectivity index (χ1n) is 8.28. The van der Waals surface area contributed by atoms with Crippen LogP contribution in [0.5, 0.6) is 0 Å². The molecule has 2 aliphatic heterocycles. The molecule has 3 nitrogen and oxygen atoms in total. The largest absolute Gasteiger partial charge is 0.350 e. The molecule has 3 fully saturated rings. The molecule has 0 bridgehead atoms. The van der Waals surface area contributed by atoms with Gasteiger partial charge in [-0.1, -0.05) is 32.6 Å². The Bertz CT molecular complexity index is 328. The van der Waals surface area contributed by atoms with Crippen molar-refractivity contribution in [1.29, 1.82) is 0 Å². The highest BCUT2D eigenvalue weighted by Crippen LogP contribution is 2.39. The van der Waals surface area contributed by atoms with E-state index in [4.69, 9.17) is 0 Å². The zero-order valence-corrected chi connectivity index (χ0v) is 12.3. The van der Waals surface area contributed by atoms with Crippen LogP contribution in [0.15, 0.2) is 0 Å². The maximum absolute atomic E-state index is 11.7. The lowest BCUT2D eigenvalue weighted by Crippen LogP contribution is -2.56. The molecule has 0 aromatic rings. The Labute approximate surface area is 117 Å². The number of carbonyl (C=O) groups is 1. The van der Waals surface area contributed by atoms with Crippen molar-refractivity contribution in [2.24, 2.45) is 5.92 Å². The van der Waals surface area contributed by atoms with Gasteiger partial charge in [0.15, 0.2) is 0 Å². The molecule has 1 saturated carbocycles. The van der Waals surface area contributed by atoms with Crippen LogP contribution >= 0.6 is 0 Å². The minimum atomic E-state index is 0.150. The van der Waals surface area contributed by atoms with Crippen molar-refractivity contribution in [3.05, 3.63) is 0 Å². The first-order chi connectivity index (χ1) is 9.23. The lowest BCUT2D eigenvalue weighted by atomic mass is 9.76. The number of nitrogens with one attached hydrogen (secondary N) is 1. The van der Waals surface area contributed by atoms with Crippen molar-refractivity contribution >= 4 is 5.91 Å². The van der Waals surface area contributed by atoms with Crippen LogP contribution in [0.2, 0.25) is 0 Å². The Morgan fingerprint density at radius 1 is 1.21 bits per heavy atom. The van der Waals surface area contributed by atoms with E-state index in [0.29, 0.717) is 5.92 Å². The fourth-order valence-corrected chi connectivity index (χ4v) is 4.65. The Kier molecular flexibility index (Phi) is 3.84. The summed E-state index contributed by atoms with van der Waals surface area (Å²) in [7, 11) is 0. The number of likely N-dealkylation sites (tertiary alicyclic amines) is 1. The van der Waals surface area contributed by atoms with Crippen LogP contribution in [-0.2, 0) is 4.79 Å². The lowest BCUT2D eigenvalue weighted by Gasteiger charge is -2.46. The molecule has 2 saturated heterocycles. The summed E-state index contributed by atoms with van der Waals surface area (Å²) in [5.41, 5.74) is 0.150. The zero-order valence-electron chi connectivity index (χ0n) is 12.3. The predicted molar refractivity (Wildman–Crippen MR) is 77.0 cm³/mol. The van der Waals surface area contributed by atoms with Crippen LogP contribution < -0.4 is 5.32 Å². The molecular formula is C16H28N2O. The minimum absolute atomic E-state index is 0.150. The third-order valence-corrected chi connectivity index (χ3v) is 5.88. The Balaban J connectivity index is 1.60. The van der Waals surface area contributed by atoms with Crippen LogP contribution in [0, 0.1) is 5.92 Å². The van der Waals surface area contributed by atoms with E-state index in [1.165, 1.54) is 58.0 Å². The van der Waals surface area contributed by atoms with Crippen LogP contribution in [0.3, 0.4) is 0 Å². The van der Waals surface area contributed by atoms with Gasteiger partial charge in [0.2, 0.25) is 5.91 Å². The molecule has 0 radical (unpaired) electrons. The maximum atomic E-state index is 11.7. The summed E-state index contributed by atoms with van der Waals surface area (Å²) < 4.78 is 0. The third-order valence-electron chi connectivity index (χ3n) is 5.88. The summed E-state index contributed by atoms with van der Waals surface area (Å²) in [5, 5.41) is 3.33. The fraction of sp³-hybridized carbons (Fsp3) is 0.938. The summed E-state index contributed by atoms with van der Waals surface area (Å²) in [6.45, 7) is 4.63. The summed E-state index contributed by atoms with van der Waals surface area (Å²) >= 11 is 0. The van der Waals surface area contributed by atoms with Gasteiger partial charge in [0.25, 0.3) is 0 Å². The number of hydrogen-bond donors (Lipinski definition) is 1. The number of hydrogen-bond acceptors (Lipinski definition) is 2. The first-order valence-corrected chi connectivity index (χ1v) is 8.28. The molecule has 0 aromatic heterocycles. The average molecular weight is 264 g/mol. The second-order valence-corrected chi connectivity index (χ2v) is 6.84. The first kappa shape index (κ1) is 13.4. The Morgan fingerprint density at radius 3 is 2.53 bits per heavy atom. The average Bonchev–Trinajstić information content (AvgIpc) is 2.76. The molecule has 3 aliphatic rings. The van der Waals surface area contributed by atoms with Crippen LogP contribution in [0.1, 0.15) is 64.7 Å². The van der Waals surface area contributed by atoms with E-state index in [0.717, 1.165) is 18.9 Å². The van der Waals surface area contributed by atoms with E-state index in [-0.39, 0.29) is 11.4 Å². The van der Waals surface area contributed by atoms with Crippen molar-refractivity contribution in [2.45, 2.75) is 76.3 Å². The van der Waals surface area contributed by atoms with Gasteiger partial charge in [-0.15, -0.1) is 0 Å². The van der Waals surface area contributed by atoms with E-state index < -0.39 is 0 Å². The molecule has 3 rings (SSSR count). The summed E-state index contributed by atoms with van der Waals surface area (Å²) in [5.74, 6) is 0.867. The SMILES string of the molecule is CCC1CC(=O)NC12CCN(C1CCCCC1)CC2. The third kappa shape index (κ3) is 2.54. The topological polar surface area (TPSA) is 32.3 Å². The van der Waals surface area contributed by atoms with Gasteiger partial charge < -0.3 is 10.2 Å². The standard InChI is InChI=1S/C16H28N2O/c1-2-13-12-15(19)17-16(13)8-10-18(11-9-16)14-6-4-3-5-7-14/h13-14H,2-12H2,1H3,(H,17,19). The van der Waals surface area contributed by atoms with Gasteiger partial charge in [-0.3, -0.25) is 4.79 Å². The normalized spacial score (nSPS) is 32.7. The van der Waals surface area contributed by atoms with Crippen LogP contribution in [0.4, 0.5) is 0 Å². The molecule has 1 atom stereocenters. The molecule has 1 N–H and O–H groups in total. The molecule has 1 spiro atoms. The molecule has 0 aromatic carbocycles. The van der Waals surface area contributed by atoms with Crippen LogP contribution in [0.25, 0.3) is 0 Å². The maximum Gasteiger partial charge on any atom is 0.220 e. The van der Waals surface area contributed by atoms with Gasteiger partial charge in [-0.2, -0.15) is 0 Å². The van der Waals surface area contributed by atoms with Crippen molar-refractivity contribution in [3.63, 3.8) is 0 Å². The smallest absolute Gasteiger partial charge is 0.220 e. The number of rotatable bonds is 2. The van der Waals surface area contributed by atoms with Crippen molar-refractivity contribution < 1.29 is 4.79 Å². The molecule has 3 heteroatoms. The van der Waals surface area contributed by atoms with E-state index in [1.807, 2.05) is 0 Å². The molecule has 108 valence electrons. The molecular weight excluding hydrogens is 236 g/mol. The molecule has 1 aliphatic carbocycles. The molecule has 19 heavy (non-hydrogen) atoms. The van der Waals surface area contributed by atoms with Gasteiger partial charge in [0.05, 0.1) is 0 Å². The summed E-state index contributed by atoms with van der Waals surface area (Å²) in [6, 6.07) is 0.836. The molecule has 2 heterocycles. The highest BCUT2D eigenvalue weighted by atomic mass is 16.2. The van der Waals surface area contributed by atoms with E-state index in [1.54, 1.807) is 0 Å². The Hall–Kier alpha value is -0.570. The predicted octanol–water partition coefficient (Wildman–Crippen LogP) is 2.70. The monoisotopic (exact) mass is 264 g/mol. The highest BCUT2D eigenvalue weighted by Gasteiger charge is 2.47. The van der Waals surface area contributed by atoms with E-state index >= 15 is 0 Å². The Morgan fingerprint density at radius 2 is 1.89 bits per heavy atom. The van der Waals surface area contributed by atoms with Gasteiger partial charge in [0, 0.05) is 31.1 Å². The molecule has 1 unspecified atom stereocenters. The number of nitrogens with zero attached hydrogens (tertiary/aromatic N) is 1.